The summed E-state index contributed by atoms with van der Waals surface area (Å²) in [6, 6.07) is 3.72. The van der Waals surface area contributed by atoms with E-state index >= 15 is 0 Å². The van der Waals surface area contributed by atoms with Crippen molar-refractivity contribution in [2.24, 2.45) is 0 Å². The number of rotatable bonds is 5. The van der Waals surface area contributed by atoms with Gasteiger partial charge in [-0.15, -0.1) is 5.10 Å². The van der Waals surface area contributed by atoms with Crippen LogP contribution in [0.2, 0.25) is 0 Å². The molecule has 1 aromatic heterocycles. The minimum atomic E-state index is -4.57. The summed E-state index contributed by atoms with van der Waals surface area (Å²) in [7, 11) is 1.59. The molecule has 1 aromatic rings. The van der Waals surface area contributed by atoms with Gasteiger partial charge in [-0.2, -0.15) is 18.3 Å². The number of hydrogen-bond acceptors (Lipinski definition) is 5. The monoisotopic (exact) mass is 304 g/mol. The molecule has 21 heavy (non-hydrogen) atoms. The Labute approximate surface area is 121 Å². The largest absolute Gasteiger partial charge is 0.415 e. The van der Waals surface area contributed by atoms with Crippen LogP contribution in [-0.4, -0.2) is 65.2 Å². The van der Waals surface area contributed by atoms with Crippen molar-refractivity contribution in [2.75, 3.05) is 31.6 Å². The Hall–Kier alpha value is -1.41. The lowest BCUT2D eigenvalue weighted by Gasteiger charge is -2.30. The van der Waals surface area contributed by atoms with E-state index in [-0.39, 0.29) is 6.04 Å². The molecule has 1 N–H and O–H groups in total. The number of aliphatic hydroxyl groups is 1. The molecule has 1 aliphatic rings. The van der Waals surface area contributed by atoms with Crippen LogP contribution in [0.15, 0.2) is 18.3 Å². The Bertz CT molecular complexity index is 443. The van der Waals surface area contributed by atoms with Crippen LogP contribution in [0.1, 0.15) is 12.8 Å². The third-order valence-corrected chi connectivity index (χ3v) is 3.61. The topological polar surface area (TPSA) is 52.5 Å². The van der Waals surface area contributed by atoms with Gasteiger partial charge >= 0.3 is 6.18 Å². The van der Waals surface area contributed by atoms with Crippen LogP contribution in [0.4, 0.5) is 19.0 Å². The van der Waals surface area contributed by atoms with Crippen molar-refractivity contribution in [3.8, 4) is 0 Å². The molecule has 2 heterocycles. The van der Waals surface area contributed by atoms with Gasteiger partial charge in [0.25, 0.3) is 0 Å². The third kappa shape index (κ3) is 4.28. The Morgan fingerprint density at radius 3 is 2.90 bits per heavy atom. The van der Waals surface area contributed by atoms with E-state index in [1.165, 1.54) is 4.90 Å². The highest BCUT2D eigenvalue weighted by atomic mass is 19.4. The lowest BCUT2D eigenvalue weighted by molar-refractivity contribution is -0.207. The van der Waals surface area contributed by atoms with Gasteiger partial charge in [-0.05, 0) is 32.0 Å². The molecular formula is C13H19F3N4O. The first-order valence-electron chi connectivity index (χ1n) is 6.85. The van der Waals surface area contributed by atoms with Crippen LogP contribution in [0, 0.1) is 0 Å². The molecule has 0 amide bonds. The molecule has 0 saturated carbocycles. The van der Waals surface area contributed by atoms with Gasteiger partial charge in [0.2, 0.25) is 0 Å². The van der Waals surface area contributed by atoms with E-state index in [0.717, 1.165) is 25.2 Å². The molecule has 0 unspecified atom stereocenters. The maximum Gasteiger partial charge on any atom is 0.415 e. The smallest absolute Gasteiger partial charge is 0.382 e. The number of aromatic nitrogens is 2. The summed E-state index contributed by atoms with van der Waals surface area (Å²) in [4.78, 5) is 3.57. The third-order valence-electron chi connectivity index (χ3n) is 3.61. The molecule has 8 heteroatoms. The van der Waals surface area contributed by atoms with E-state index < -0.39 is 18.8 Å². The first-order valence-corrected chi connectivity index (χ1v) is 6.85. The van der Waals surface area contributed by atoms with Crippen molar-refractivity contribution in [3.05, 3.63) is 18.3 Å². The van der Waals surface area contributed by atoms with E-state index in [4.69, 9.17) is 5.11 Å². The normalized spacial score (nSPS) is 21.0. The van der Waals surface area contributed by atoms with E-state index in [0.29, 0.717) is 6.54 Å². The second-order valence-electron chi connectivity index (χ2n) is 5.35. The molecule has 5 nitrogen and oxygen atoms in total. The predicted molar refractivity (Wildman–Crippen MR) is 72.0 cm³/mol. The molecule has 2 atom stereocenters. The van der Waals surface area contributed by atoms with Crippen molar-refractivity contribution in [2.45, 2.75) is 31.2 Å². The van der Waals surface area contributed by atoms with Crippen LogP contribution >= 0.6 is 0 Å². The standard InChI is InChI=1S/C13H19F3N4O/c1-19(9-11(21)13(14,15)16)8-10-4-3-7-20(10)12-5-2-6-17-18-12/h2,5-6,10-11,21H,3-4,7-9H2,1H3/t10-,11+/m0/s1. The van der Waals surface area contributed by atoms with Crippen LogP contribution < -0.4 is 4.90 Å². The number of halogens is 3. The lowest BCUT2D eigenvalue weighted by atomic mass is 10.2. The van der Waals surface area contributed by atoms with E-state index in [1.807, 2.05) is 6.07 Å². The van der Waals surface area contributed by atoms with Gasteiger partial charge in [0.15, 0.2) is 11.9 Å². The molecule has 1 fully saturated rings. The van der Waals surface area contributed by atoms with Crippen LogP contribution in [-0.2, 0) is 0 Å². The summed E-state index contributed by atoms with van der Waals surface area (Å²) in [5.41, 5.74) is 0. The van der Waals surface area contributed by atoms with Crippen LogP contribution in [0.5, 0.6) is 0 Å². The highest BCUT2D eigenvalue weighted by Gasteiger charge is 2.39. The summed E-state index contributed by atoms with van der Waals surface area (Å²) in [5.74, 6) is 0.741. The molecule has 1 aliphatic heterocycles. The number of likely N-dealkylation sites (N-methyl/N-ethyl adjacent to an activating group) is 1. The molecule has 0 radical (unpaired) electrons. The summed E-state index contributed by atoms with van der Waals surface area (Å²) >= 11 is 0. The summed E-state index contributed by atoms with van der Waals surface area (Å²) in [6.45, 7) is 0.844. The highest BCUT2D eigenvalue weighted by Crippen LogP contribution is 2.24. The quantitative estimate of drug-likeness (QED) is 0.888. The minimum absolute atomic E-state index is 0.0899. The molecule has 0 aliphatic carbocycles. The van der Waals surface area contributed by atoms with Crippen molar-refractivity contribution in [1.82, 2.24) is 15.1 Å². The maximum absolute atomic E-state index is 12.4. The van der Waals surface area contributed by atoms with Crippen LogP contribution in [0.25, 0.3) is 0 Å². The molecule has 0 spiro atoms. The van der Waals surface area contributed by atoms with Gasteiger partial charge < -0.3 is 14.9 Å². The van der Waals surface area contributed by atoms with Gasteiger partial charge in [0.1, 0.15) is 0 Å². The van der Waals surface area contributed by atoms with Gasteiger partial charge in [-0.3, -0.25) is 0 Å². The fraction of sp³-hybridized carbons (Fsp3) is 0.692. The number of anilines is 1. The average molecular weight is 304 g/mol. The Morgan fingerprint density at radius 2 is 2.29 bits per heavy atom. The number of hydrogen-bond donors (Lipinski definition) is 1. The first-order chi connectivity index (χ1) is 9.88. The van der Waals surface area contributed by atoms with Gasteiger partial charge in [-0.25, -0.2) is 0 Å². The zero-order valence-electron chi connectivity index (χ0n) is 11.8. The SMILES string of the molecule is CN(C[C@@H]1CCCN1c1cccnn1)C[C@@H](O)C(F)(F)F. The number of nitrogens with zero attached hydrogens (tertiary/aromatic N) is 4. The van der Waals surface area contributed by atoms with Gasteiger partial charge in [0.05, 0.1) is 0 Å². The minimum Gasteiger partial charge on any atom is -0.382 e. The van der Waals surface area contributed by atoms with Crippen molar-refractivity contribution < 1.29 is 18.3 Å². The van der Waals surface area contributed by atoms with E-state index in [9.17, 15) is 13.2 Å². The number of aliphatic hydroxyl groups excluding tert-OH is 1. The van der Waals surface area contributed by atoms with Crippen molar-refractivity contribution in [1.29, 1.82) is 0 Å². The van der Waals surface area contributed by atoms with Crippen molar-refractivity contribution in [3.63, 3.8) is 0 Å². The van der Waals surface area contributed by atoms with Crippen molar-refractivity contribution >= 4 is 5.82 Å². The van der Waals surface area contributed by atoms with Gasteiger partial charge in [0, 0.05) is 31.9 Å². The lowest BCUT2D eigenvalue weighted by Crippen LogP contribution is -2.45. The molecule has 1 saturated heterocycles. The zero-order chi connectivity index (χ0) is 15.5. The average Bonchev–Trinajstić information content (AvgIpc) is 2.86. The molecule has 0 bridgehead atoms. The molecule has 118 valence electrons. The predicted octanol–water partition coefficient (Wildman–Crippen LogP) is 1.30. The first kappa shape index (κ1) is 16.0. The summed E-state index contributed by atoms with van der Waals surface area (Å²) in [5, 5.41) is 17.0. The maximum atomic E-state index is 12.4. The van der Waals surface area contributed by atoms with E-state index in [2.05, 4.69) is 15.1 Å². The van der Waals surface area contributed by atoms with Crippen LogP contribution in [0.3, 0.4) is 0 Å². The zero-order valence-corrected chi connectivity index (χ0v) is 11.8. The Morgan fingerprint density at radius 1 is 1.52 bits per heavy atom. The van der Waals surface area contributed by atoms with Gasteiger partial charge in [-0.1, -0.05) is 0 Å². The fourth-order valence-electron chi connectivity index (χ4n) is 2.61. The second kappa shape index (κ2) is 6.57. The number of alkyl halides is 3. The summed E-state index contributed by atoms with van der Waals surface area (Å²) < 4.78 is 37.1. The summed E-state index contributed by atoms with van der Waals surface area (Å²) in [6.07, 6.45) is -3.44. The fourth-order valence-corrected chi connectivity index (χ4v) is 2.61. The molecule has 0 aromatic carbocycles. The Kier molecular flexibility index (Phi) is 5.00. The highest BCUT2D eigenvalue weighted by molar-refractivity contribution is 5.39. The second-order valence-corrected chi connectivity index (χ2v) is 5.35. The molecule has 2 rings (SSSR count). The van der Waals surface area contributed by atoms with E-state index in [1.54, 1.807) is 19.3 Å². The molecular weight excluding hydrogens is 285 g/mol. The Balaban J connectivity index is 1.92.